The number of hydrogen-bond donors (Lipinski definition) is 1. The molecule has 0 aliphatic rings. The number of aromatic amines is 1. The third kappa shape index (κ3) is 3.16. The van der Waals surface area contributed by atoms with Crippen LogP contribution in [0.25, 0.3) is 38.7 Å². The summed E-state index contributed by atoms with van der Waals surface area (Å²) >= 11 is 0. The van der Waals surface area contributed by atoms with Gasteiger partial charge in [0, 0.05) is 35.4 Å². The molecule has 4 aromatic heterocycles. The first-order chi connectivity index (χ1) is 16.1. The van der Waals surface area contributed by atoms with Crippen LogP contribution in [0, 0.1) is 11.6 Å². The molecule has 6 aromatic rings. The molecule has 162 valence electrons. The van der Waals surface area contributed by atoms with Crippen molar-refractivity contribution in [3.63, 3.8) is 0 Å². The van der Waals surface area contributed by atoms with E-state index in [1.165, 1.54) is 24.3 Å². The number of aromatic nitrogens is 6. The van der Waals surface area contributed by atoms with Crippen molar-refractivity contribution < 1.29 is 8.78 Å². The normalized spacial score (nSPS) is 11.7. The Morgan fingerprint density at radius 2 is 1.79 bits per heavy atom. The van der Waals surface area contributed by atoms with E-state index in [1.807, 2.05) is 6.20 Å². The third-order valence-corrected chi connectivity index (χ3v) is 5.84. The summed E-state index contributed by atoms with van der Waals surface area (Å²) in [7, 11) is 0. The van der Waals surface area contributed by atoms with Gasteiger partial charge in [-0.15, -0.1) is 10.2 Å². The van der Waals surface area contributed by atoms with E-state index in [0.29, 0.717) is 29.7 Å². The van der Waals surface area contributed by atoms with Crippen LogP contribution in [0.15, 0.2) is 71.9 Å². The van der Waals surface area contributed by atoms with Gasteiger partial charge in [0.05, 0.1) is 6.20 Å². The molecule has 0 fully saturated rings. The number of hydrogen-bond acceptors (Lipinski definition) is 4. The highest BCUT2D eigenvalue weighted by Crippen LogP contribution is 2.25. The maximum absolute atomic E-state index is 13.6. The van der Waals surface area contributed by atoms with Crippen molar-refractivity contribution in [2.24, 2.45) is 0 Å². The van der Waals surface area contributed by atoms with Gasteiger partial charge in [-0.1, -0.05) is 12.1 Å². The van der Waals surface area contributed by atoms with Crippen LogP contribution < -0.4 is 5.56 Å². The molecule has 33 heavy (non-hydrogen) atoms. The van der Waals surface area contributed by atoms with Crippen LogP contribution in [0.4, 0.5) is 8.78 Å². The van der Waals surface area contributed by atoms with Crippen LogP contribution in [-0.2, 0) is 13.0 Å². The molecule has 0 saturated carbocycles. The maximum Gasteiger partial charge on any atom is 0.280 e. The lowest BCUT2D eigenvalue weighted by Gasteiger charge is -2.07. The molecule has 0 unspecified atom stereocenters. The van der Waals surface area contributed by atoms with Crippen LogP contribution in [0.3, 0.4) is 0 Å². The highest BCUT2D eigenvalue weighted by Gasteiger charge is 2.15. The Kier molecular flexibility index (Phi) is 4.29. The molecule has 0 aliphatic carbocycles. The molecule has 6 rings (SSSR count). The zero-order valence-corrected chi connectivity index (χ0v) is 17.2. The fourth-order valence-corrected chi connectivity index (χ4v) is 4.14. The quantitative estimate of drug-likeness (QED) is 0.446. The Labute approximate surface area is 184 Å². The van der Waals surface area contributed by atoms with Crippen LogP contribution in [0.1, 0.15) is 5.56 Å². The molecular weight excluding hydrogens is 426 g/mol. The minimum absolute atomic E-state index is 0.198. The molecule has 7 nitrogen and oxygen atoms in total. The number of rotatable bonds is 4. The molecule has 0 radical (unpaired) electrons. The summed E-state index contributed by atoms with van der Waals surface area (Å²) < 4.78 is 30.0. The van der Waals surface area contributed by atoms with Crippen molar-refractivity contribution in [3.05, 3.63) is 94.7 Å². The predicted octanol–water partition coefficient (Wildman–Crippen LogP) is 4.11. The van der Waals surface area contributed by atoms with E-state index >= 15 is 0 Å². The first kappa shape index (κ1) is 19.3. The number of nitrogens with zero attached hydrogens (tertiary/aromatic N) is 5. The van der Waals surface area contributed by atoms with Gasteiger partial charge in [-0.3, -0.25) is 4.79 Å². The summed E-state index contributed by atoms with van der Waals surface area (Å²) in [4.78, 5) is 16.2. The Balaban J connectivity index is 1.37. The Hall–Kier alpha value is -4.40. The van der Waals surface area contributed by atoms with Gasteiger partial charge in [0.25, 0.3) is 5.56 Å². The smallest absolute Gasteiger partial charge is 0.280 e. The standard InChI is InChI=1S/C24H16F2N6O/c25-16-3-1-14(2-4-16)19-13-28-32-21-8-10-31(24(33)22(21)29-30-23(19)32)9-7-15-12-27-20-6-5-17(26)11-18(15)20/h1-6,8,10-13,27H,7,9H2. The van der Waals surface area contributed by atoms with E-state index in [2.05, 4.69) is 20.3 Å². The minimum Gasteiger partial charge on any atom is -0.361 e. The van der Waals surface area contributed by atoms with Crippen molar-refractivity contribution in [2.45, 2.75) is 13.0 Å². The number of fused-ring (bicyclic) bond motifs is 4. The fraction of sp³-hybridized carbons (Fsp3) is 0.0833. The molecular formula is C24H16F2N6O. The molecule has 0 amide bonds. The number of aryl methyl sites for hydroxylation is 2. The number of nitrogens with one attached hydrogen (secondary N) is 1. The Morgan fingerprint density at radius 3 is 2.64 bits per heavy atom. The number of halogens is 2. The summed E-state index contributed by atoms with van der Waals surface area (Å²) in [6.45, 7) is 0.401. The third-order valence-electron chi connectivity index (χ3n) is 5.84. The maximum atomic E-state index is 13.6. The van der Waals surface area contributed by atoms with Gasteiger partial charge >= 0.3 is 0 Å². The minimum atomic E-state index is -0.329. The van der Waals surface area contributed by atoms with Gasteiger partial charge in [-0.05, 0) is 53.9 Å². The monoisotopic (exact) mass is 442 g/mol. The van der Waals surface area contributed by atoms with Gasteiger partial charge < -0.3 is 9.55 Å². The topological polar surface area (TPSA) is 80.9 Å². The lowest BCUT2D eigenvalue weighted by Crippen LogP contribution is -2.22. The number of H-pyrrole nitrogens is 1. The van der Waals surface area contributed by atoms with E-state index in [4.69, 9.17) is 0 Å². The second-order valence-corrected chi connectivity index (χ2v) is 7.80. The summed E-state index contributed by atoms with van der Waals surface area (Å²) in [5, 5.41) is 13.6. The first-order valence-electron chi connectivity index (χ1n) is 10.3. The summed E-state index contributed by atoms with van der Waals surface area (Å²) in [5.74, 6) is -0.630. The van der Waals surface area contributed by atoms with Crippen molar-refractivity contribution in [1.29, 1.82) is 0 Å². The largest absolute Gasteiger partial charge is 0.361 e. The van der Waals surface area contributed by atoms with Crippen LogP contribution in [0.5, 0.6) is 0 Å². The Bertz CT molecular complexity index is 1720. The highest BCUT2D eigenvalue weighted by atomic mass is 19.1. The molecule has 0 bridgehead atoms. The summed E-state index contributed by atoms with van der Waals surface area (Å²) in [5.41, 5.74) is 4.14. The second-order valence-electron chi connectivity index (χ2n) is 7.80. The van der Waals surface area contributed by atoms with Gasteiger partial charge in [0.1, 0.15) is 17.2 Å². The van der Waals surface area contributed by atoms with Gasteiger partial charge in [0.15, 0.2) is 11.2 Å². The van der Waals surface area contributed by atoms with Crippen molar-refractivity contribution in [2.75, 3.05) is 0 Å². The zero-order valence-electron chi connectivity index (χ0n) is 17.2. The van der Waals surface area contributed by atoms with Crippen molar-refractivity contribution >= 4 is 27.6 Å². The van der Waals surface area contributed by atoms with Gasteiger partial charge in [-0.25, -0.2) is 13.3 Å². The second kappa shape index (κ2) is 7.33. The predicted molar refractivity (Wildman–Crippen MR) is 120 cm³/mol. The average molecular weight is 442 g/mol. The zero-order chi connectivity index (χ0) is 22.5. The van der Waals surface area contributed by atoms with E-state index < -0.39 is 0 Å². The van der Waals surface area contributed by atoms with Gasteiger partial charge in [0.2, 0.25) is 0 Å². The molecule has 0 spiro atoms. The number of benzene rings is 2. The molecule has 9 heteroatoms. The first-order valence-corrected chi connectivity index (χ1v) is 10.3. The van der Waals surface area contributed by atoms with Crippen molar-refractivity contribution in [3.8, 4) is 11.1 Å². The molecule has 0 atom stereocenters. The lowest BCUT2D eigenvalue weighted by atomic mass is 10.1. The molecule has 1 N–H and O–H groups in total. The van der Waals surface area contributed by atoms with E-state index in [0.717, 1.165) is 22.0 Å². The van der Waals surface area contributed by atoms with Crippen LogP contribution in [-0.4, -0.2) is 29.4 Å². The lowest BCUT2D eigenvalue weighted by molar-refractivity contribution is 0.628. The summed E-state index contributed by atoms with van der Waals surface area (Å²) in [6.07, 6.45) is 5.69. The van der Waals surface area contributed by atoms with E-state index in [-0.39, 0.29) is 22.7 Å². The highest BCUT2D eigenvalue weighted by molar-refractivity contribution is 5.84. The van der Waals surface area contributed by atoms with Crippen LogP contribution in [0.2, 0.25) is 0 Å². The van der Waals surface area contributed by atoms with Crippen LogP contribution >= 0.6 is 0 Å². The molecule has 0 aliphatic heterocycles. The van der Waals surface area contributed by atoms with E-state index in [1.54, 1.807) is 45.7 Å². The fourth-order valence-electron chi connectivity index (χ4n) is 4.14. The average Bonchev–Trinajstić information content (AvgIpc) is 3.43. The van der Waals surface area contributed by atoms with Crippen molar-refractivity contribution in [1.82, 2.24) is 29.4 Å². The van der Waals surface area contributed by atoms with E-state index in [9.17, 15) is 13.6 Å². The SMILES string of the molecule is O=c1c2nnc3c(-c4ccc(F)cc4)cnn3c2ccn1CCc1c[nH]c2ccc(F)cc12. The molecule has 0 saturated heterocycles. The van der Waals surface area contributed by atoms with Gasteiger partial charge in [-0.2, -0.15) is 5.10 Å². The molecule has 4 heterocycles. The number of pyridine rings is 1. The Morgan fingerprint density at radius 1 is 0.970 bits per heavy atom. The molecule has 2 aromatic carbocycles. The summed E-state index contributed by atoms with van der Waals surface area (Å²) in [6, 6.07) is 12.4.